The molecule has 52 valence electrons. The molecule has 0 aromatic heterocycles. The monoisotopic (exact) mass is 142 g/mol. The van der Waals surface area contributed by atoms with Crippen LogP contribution < -0.4 is 0 Å². The highest BCUT2D eigenvalue weighted by Gasteiger charge is 2.48. The Morgan fingerprint density at radius 2 is 1.22 bits per heavy atom. The third kappa shape index (κ3) is 0.835. The molecule has 0 nitrogen and oxygen atoms in total. The zero-order valence-electron chi connectivity index (χ0n) is 6.33. The molecule has 0 aliphatic carbocycles. The molecule has 0 saturated carbocycles. The van der Waals surface area contributed by atoms with Gasteiger partial charge >= 0.3 is 0 Å². The van der Waals surface area contributed by atoms with E-state index < -0.39 is 0 Å². The van der Waals surface area contributed by atoms with Crippen molar-refractivity contribution < 1.29 is 0 Å². The second-order valence-electron chi connectivity index (χ2n) is 4.25. The molecular weight excluding hydrogens is 127 g/mol. The fourth-order valence-electron chi connectivity index (χ4n) is 2.33. The molecule has 9 heavy (non-hydrogen) atoms. The Morgan fingerprint density at radius 1 is 0.889 bits per heavy atom. The third-order valence-electron chi connectivity index (χ3n) is 3.06. The predicted octanol–water partition coefficient (Wildman–Crippen LogP) is 2.77. The molecule has 0 radical (unpaired) electrons. The van der Waals surface area contributed by atoms with Gasteiger partial charge in [0.25, 0.3) is 0 Å². The van der Waals surface area contributed by atoms with Gasteiger partial charge in [-0.15, -0.1) is 8.58 Å². The van der Waals surface area contributed by atoms with E-state index in [0.717, 1.165) is 10.3 Å². The topological polar surface area (TPSA) is 0 Å². The lowest BCUT2D eigenvalue weighted by Gasteiger charge is -2.20. The van der Waals surface area contributed by atoms with E-state index in [0.29, 0.717) is 0 Å². The van der Waals surface area contributed by atoms with Gasteiger partial charge < -0.3 is 0 Å². The van der Waals surface area contributed by atoms with Crippen LogP contribution in [0.5, 0.6) is 0 Å². The Labute approximate surface area is 59.2 Å². The molecule has 0 aromatic rings. The summed E-state index contributed by atoms with van der Waals surface area (Å²) in [6.45, 7) is 4.95. The van der Waals surface area contributed by atoms with Crippen molar-refractivity contribution in [1.82, 2.24) is 0 Å². The average molecular weight is 142 g/mol. The Bertz CT molecular complexity index is 116. The van der Waals surface area contributed by atoms with E-state index in [2.05, 4.69) is 13.8 Å². The molecule has 2 aliphatic heterocycles. The Balaban J connectivity index is 2.25. The maximum absolute atomic E-state index is 2.48. The van der Waals surface area contributed by atoms with Crippen LogP contribution in [0.3, 0.4) is 0 Å². The van der Waals surface area contributed by atoms with Crippen molar-refractivity contribution in [2.24, 2.45) is 0 Å². The van der Waals surface area contributed by atoms with E-state index in [-0.39, 0.29) is 0 Å². The molecule has 0 N–H and O–H groups in total. The van der Waals surface area contributed by atoms with Gasteiger partial charge in [-0.2, -0.15) is 0 Å². The fourth-order valence-corrected chi connectivity index (χ4v) is 4.79. The minimum atomic E-state index is 0.800. The van der Waals surface area contributed by atoms with Crippen molar-refractivity contribution >= 4 is 8.58 Å². The standard InChI is InChI=1S/C8H15P/c1-7-3-5-8(2,9-7)6-4-7/h9H,3-6H2,1-2H3. The first kappa shape index (κ1) is 6.16. The van der Waals surface area contributed by atoms with E-state index >= 15 is 0 Å². The molecule has 0 unspecified atom stereocenters. The van der Waals surface area contributed by atoms with Gasteiger partial charge in [0.1, 0.15) is 0 Å². The van der Waals surface area contributed by atoms with Crippen LogP contribution in [-0.4, -0.2) is 10.3 Å². The lowest BCUT2D eigenvalue weighted by Crippen LogP contribution is -2.16. The Morgan fingerprint density at radius 3 is 1.33 bits per heavy atom. The second-order valence-corrected chi connectivity index (χ2v) is 6.91. The summed E-state index contributed by atoms with van der Waals surface area (Å²) in [6, 6.07) is 0. The zero-order valence-corrected chi connectivity index (χ0v) is 7.33. The van der Waals surface area contributed by atoms with E-state index in [4.69, 9.17) is 0 Å². The van der Waals surface area contributed by atoms with Gasteiger partial charge in [-0.25, -0.2) is 0 Å². The fraction of sp³-hybridized carbons (Fsp3) is 1.00. The van der Waals surface area contributed by atoms with E-state index in [9.17, 15) is 0 Å². The smallest absolute Gasteiger partial charge is 0.0145 e. The average Bonchev–Trinajstić information content (AvgIpc) is 2.19. The van der Waals surface area contributed by atoms with Gasteiger partial charge in [0, 0.05) is 0 Å². The molecule has 0 spiro atoms. The maximum atomic E-state index is 2.48. The van der Waals surface area contributed by atoms with Crippen LogP contribution in [0.4, 0.5) is 0 Å². The summed E-state index contributed by atoms with van der Waals surface area (Å²) >= 11 is 0. The molecular formula is C8H15P. The van der Waals surface area contributed by atoms with Crippen LogP contribution in [0.2, 0.25) is 0 Å². The first-order chi connectivity index (χ1) is 4.12. The lowest BCUT2D eigenvalue weighted by molar-refractivity contribution is 0.416. The van der Waals surface area contributed by atoms with Crippen LogP contribution in [0.1, 0.15) is 39.5 Å². The molecule has 2 rings (SSSR count). The summed E-state index contributed by atoms with van der Waals surface area (Å²) in [5.41, 5.74) is 0. The van der Waals surface area contributed by atoms with Crippen molar-refractivity contribution in [2.45, 2.75) is 49.8 Å². The SMILES string of the molecule is CC12CCC(C)(CC1)P2. The summed E-state index contributed by atoms with van der Waals surface area (Å²) < 4.78 is 0. The van der Waals surface area contributed by atoms with Gasteiger partial charge in [-0.3, -0.25) is 0 Å². The molecule has 0 aromatic carbocycles. The van der Waals surface area contributed by atoms with Crippen molar-refractivity contribution in [3.8, 4) is 0 Å². The Kier molecular flexibility index (Phi) is 1.05. The van der Waals surface area contributed by atoms with Crippen LogP contribution >= 0.6 is 8.58 Å². The third-order valence-corrected chi connectivity index (χ3v) is 5.27. The first-order valence-electron chi connectivity index (χ1n) is 3.91. The van der Waals surface area contributed by atoms with Crippen LogP contribution in [0.15, 0.2) is 0 Å². The van der Waals surface area contributed by atoms with Gasteiger partial charge in [-0.1, -0.05) is 13.8 Å². The molecule has 2 bridgehead atoms. The number of fused-ring (bicyclic) bond motifs is 2. The highest BCUT2D eigenvalue weighted by atomic mass is 31.1. The van der Waals surface area contributed by atoms with Gasteiger partial charge in [0.05, 0.1) is 0 Å². The minimum Gasteiger partial charge on any atom is -0.110 e. The number of hydrogen-bond acceptors (Lipinski definition) is 0. The summed E-state index contributed by atoms with van der Waals surface area (Å²) in [7, 11) is 1.27. The highest BCUT2D eigenvalue weighted by Crippen LogP contribution is 2.65. The summed E-state index contributed by atoms with van der Waals surface area (Å²) in [5.74, 6) is 0. The normalized spacial score (nSPS) is 59.3. The van der Waals surface area contributed by atoms with Gasteiger partial charge in [-0.05, 0) is 36.0 Å². The molecule has 0 atom stereocenters. The Hall–Kier alpha value is 0.430. The van der Waals surface area contributed by atoms with Crippen molar-refractivity contribution in [1.29, 1.82) is 0 Å². The highest BCUT2D eigenvalue weighted by molar-refractivity contribution is 7.42. The molecule has 2 fully saturated rings. The van der Waals surface area contributed by atoms with Crippen molar-refractivity contribution in [2.75, 3.05) is 0 Å². The lowest BCUT2D eigenvalue weighted by atomic mass is 9.84. The molecule has 1 heteroatoms. The molecule has 2 aliphatic rings. The van der Waals surface area contributed by atoms with E-state index in [1.165, 1.54) is 34.3 Å². The molecule has 2 saturated heterocycles. The quantitative estimate of drug-likeness (QED) is 0.456. The predicted molar refractivity (Wildman–Crippen MR) is 43.6 cm³/mol. The minimum absolute atomic E-state index is 0.800. The maximum Gasteiger partial charge on any atom is -0.0145 e. The van der Waals surface area contributed by atoms with Crippen molar-refractivity contribution in [3.63, 3.8) is 0 Å². The van der Waals surface area contributed by atoms with Crippen LogP contribution in [-0.2, 0) is 0 Å². The van der Waals surface area contributed by atoms with Crippen LogP contribution in [0.25, 0.3) is 0 Å². The van der Waals surface area contributed by atoms with Crippen LogP contribution in [0, 0.1) is 0 Å². The van der Waals surface area contributed by atoms with Crippen molar-refractivity contribution in [3.05, 3.63) is 0 Å². The summed E-state index contributed by atoms with van der Waals surface area (Å²) in [6.07, 6.45) is 6.06. The zero-order chi connectivity index (χ0) is 6.54. The summed E-state index contributed by atoms with van der Waals surface area (Å²) in [4.78, 5) is 0. The van der Waals surface area contributed by atoms with Gasteiger partial charge in [0.15, 0.2) is 0 Å². The second kappa shape index (κ2) is 1.53. The largest absolute Gasteiger partial charge is 0.110 e. The molecule has 2 heterocycles. The number of hydrogen-bond donors (Lipinski definition) is 0. The van der Waals surface area contributed by atoms with E-state index in [1.54, 1.807) is 0 Å². The summed E-state index contributed by atoms with van der Waals surface area (Å²) in [5, 5.41) is 1.60. The molecule has 0 amide bonds. The first-order valence-corrected chi connectivity index (χ1v) is 4.91. The van der Waals surface area contributed by atoms with E-state index in [1.807, 2.05) is 0 Å². The van der Waals surface area contributed by atoms with Gasteiger partial charge in [0.2, 0.25) is 0 Å². The number of rotatable bonds is 0.